The van der Waals surface area contributed by atoms with E-state index in [9.17, 15) is 9.59 Å². The molecule has 19 heavy (non-hydrogen) atoms. The van der Waals surface area contributed by atoms with E-state index in [4.69, 9.17) is 4.74 Å². The highest BCUT2D eigenvalue weighted by Crippen LogP contribution is 2.27. The van der Waals surface area contributed by atoms with Gasteiger partial charge in [0.15, 0.2) is 5.75 Å². The molecule has 0 bridgehead atoms. The van der Waals surface area contributed by atoms with Crippen LogP contribution < -0.4 is 15.6 Å². The maximum Gasteiger partial charge on any atom is 0.254 e. The number of nitrogens with one attached hydrogen (secondary N) is 2. The summed E-state index contributed by atoms with van der Waals surface area (Å²) in [5.41, 5.74) is 0.231. The van der Waals surface area contributed by atoms with Crippen LogP contribution in [0.1, 0.15) is 12.7 Å². The standard InChI is InChI=1S/C13H13N3O3/c1-8-14-12(18)7-13(15-8)19-11-6-4-3-5-10(11)16-9(2)17/h3-7H,1-2H3,(H,16,17)(H,14,15,18). The summed E-state index contributed by atoms with van der Waals surface area (Å²) in [6.45, 7) is 3.07. The number of H-pyrrole nitrogens is 1. The van der Waals surface area contributed by atoms with E-state index in [0.717, 1.165) is 0 Å². The molecule has 1 aromatic carbocycles. The lowest BCUT2D eigenvalue weighted by Gasteiger charge is -2.10. The van der Waals surface area contributed by atoms with Gasteiger partial charge in [-0.1, -0.05) is 12.1 Å². The van der Waals surface area contributed by atoms with Gasteiger partial charge in [0, 0.05) is 6.92 Å². The highest BCUT2D eigenvalue weighted by atomic mass is 16.5. The van der Waals surface area contributed by atoms with Crippen molar-refractivity contribution in [3.63, 3.8) is 0 Å². The molecule has 0 aliphatic heterocycles. The lowest BCUT2D eigenvalue weighted by molar-refractivity contribution is -0.114. The summed E-state index contributed by atoms with van der Waals surface area (Å²) in [5.74, 6) is 0.861. The highest BCUT2D eigenvalue weighted by molar-refractivity contribution is 5.90. The Morgan fingerprint density at radius 1 is 1.37 bits per heavy atom. The molecular formula is C13H13N3O3. The van der Waals surface area contributed by atoms with Crippen LogP contribution in [0.5, 0.6) is 11.6 Å². The van der Waals surface area contributed by atoms with Crippen molar-refractivity contribution < 1.29 is 9.53 Å². The van der Waals surface area contributed by atoms with Crippen molar-refractivity contribution in [3.05, 3.63) is 46.5 Å². The summed E-state index contributed by atoms with van der Waals surface area (Å²) >= 11 is 0. The molecule has 0 saturated carbocycles. The quantitative estimate of drug-likeness (QED) is 0.880. The van der Waals surface area contributed by atoms with Crippen molar-refractivity contribution in [2.75, 3.05) is 5.32 Å². The van der Waals surface area contributed by atoms with E-state index in [1.807, 2.05) is 0 Å². The van der Waals surface area contributed by atoms with Crippen LogP contribution in [0.25, 0.3) is 0 Å². The number of aromatic amines is 1. The Labute approximate surface area is 109 Å². The van der Waals surface area contributed by atoms with Crippen molar-refractivity contribution in [2.45, 2.75) is 13.8 Å². The van der Waals surface area contributed by atoms with Gasteiger partial charge in [-0.2, -0.15) is 0 Å². The van der Waals surface area contributed by atoms with E-state index in [-0.39, 0.29) is 17.3 Å². The summed E-state index contributed by atoms with van der Waals surface area (Å²) in [7, 11) is 0. The summed E-state index contributed by atoms with van der Waals surface area (Å²) in [6, 6.07) is 8.17. The second kappa shape index (κ2) is 5.34. The van der Waals surface area contributed by atoms with Crippen LogP contribution in [-0.4, -0.2) is 15.9 Å². The van der Waals surface area contributed by atoms with E-state index in [2.05, 4.69) is 15.3 Å². The Balaban J connectivity index is 2.32. The van der Waals surface area contributed by atoms with Crippen LogP contribution >= 0.6 is 0 Å². The molecule has 2 aromatic rings. The molecular weight excluding hydrogens is 246 g/mol. The number of carbonyl (C=O) groups is 1. The van der Waals surface area contributed by atoms with Crippen molar-refractivity contribution in [2.24, 2.45) is 0 Å². The van der Waals surface area contributed by atoms with E-state index < -0.39 is 0 Å². The Morgan fingerprint density at radius 3 is 2.79 bits per heavy atom. The Hall–Kier alpha value is -2.63. The summed E-state index contributed by atoms with van der Waals surface area (Å²) in [6.07, 6.45) is 0. The van der Waals surface area contributed by atoms with Crippen molar-refractivity contribution in [1.82, 2.24) is 9.97 Å². The van der Waals surface area contributed by atoms with Gasteiger partial charge in [-0.05, 0) is 19.1 Å². The van der Waals surface area contributed by atoms with Gasteiger partial charge in [-0.25, -0.2) is 4.98 Å². The smallest absolute Gasteiger partial charge is 0.254 e. The van der Waals surface area contributed by atoms with Crippen LogP contribution in [0.3, 0.4) is 0 Å². The number of rotatable bonds is 3. The number of nitrogens with zero attached hydrogens (tertiary/aromatic N) is 1. The zero-order valence-corrected chi connectivity index (χ0v) is 10.6. The predicted octanol–water partition coefficient (Wildman–Crippen LogP) is 1.83. The van der Waals surface area contributed by atoms with Gasteiger partial charge in [0.25, 0.3) is 5.56 Å². The average molecular weight is 259 g/mol. The Kier molecular flexibility index (Phi) is 3.61. The number of amides is 1. The monoisotopic (exact) mass is 259 g/mol. The lowest BCUT2D eigenvalue weighted by Crippen LogP contribution is -2.10. The molecule has 0 radical (unpaired) electrons. The number of anilines is 1. The maximum atomic E-state index is 11.3. The fraction of sp³-hybridized carbons (Fsp3) is 0.154. The molecule has 0 atom stereocenters. The predicted molar refractivity (Wildman–Crippen MR) is 70.4 cm³/mol. The average Bonchev–Trinajstić information content (AvgIpc) is 2.29. The molecule has 1 heterocycles. The van der Waals surface area contributed by atoms with Gasteiger partial charge in [0.2, 0.25) is 11.8 Å². The van der Waals surface area contributed by atoms with Crippen molar-refractivity contribution >= 4 is 11.6 Å². The van der Waals surface area contributed by atoms with Crippen LogP contribution in [-0.2, 0) is 4.79 Å². The molecule has 0 spiro atoms. The van der Waals surface area contributed by atoms with Crippen LogP contribution in [0, 0.1) is 6.92 Å². The molecule has 98 valence electrons. The molecule has 6 nitrogen and oxygen atoms in total. The zero-order valence-electron chi connectivity index (χ0n) is 10.6. The van der Waals surface area contributed by atoms with E-state index in [1.54, 1.807) is 31.2 Å². The topological polar surface area (TPSA) is 84.1 Å². The van der Waals surface area contributed by atoms with Crippen LogP contribution in [0.4, 0.5) is 5.69 Å². The summed E-state index contributed by atoms with van der Waals surface area (Å²) in [4.78, 5) is 29.0. The largest absolute Gasteiger partial charge is 0.437 e. The van der Waals surface area contributed by atoms with Gasteiger partial charge < -0.3 is 15.0 Å². The first-order valence-corrected chi connectivity index (χ1v) is 5.67. The first-order chi connectivity index (χ1) is 9.04. The fourth-order valence-electron chi connectivity index (χ4n) is 1.57. The third-order valence-corrected chi connectivity index (χ3v) is 2.25. The minimum absolute atomic E-state index is 0.180. The summed E-state index contributed by atoms with van der Waals surface area (Å²) in [5, 5.41) is 2.65. The molecule has 0 aliphatic carbocycles. The first-order valence-electron chi connectivity index (χ1n) is 5.67. The normalized spacial score (nSPS) is 10.0. The minimum atomic E-state index is -0.292. The van der Waals surface area contributed by atoms with E-state index in [1.165, 1.54) is 13.0 Å². The molecule has 1 amide bonds. The number of aromatic nitrogens is 2. The summed E-state index contributed by atoms with van der Waals surface area (Å²) < 4.78 is 5.53. The molecule has 1 aromatic heterocycles. The van der Waals surface area contributed by atoms with E-state index >= 15 is 0 Å². The zero-order chi connectivity index (χ0) is 13.8. The molecule has 2 N–H and O–H groups in total. The number of aryl methyl sites for hydroxylation is 1. The second-order valence-corrected chi connectivity index (χ2v) is 3.95. The van der Waals surface area contributed by atoms with Gasteiger partial charge in [-0.3, -0.25) is 9.59 Å². The first kappa shape index (κ1) is 12.8. The lowest BCUT2D eigenvalue weighted by atomic mass is 10.3. The third-order valence-electron chi connectivity index (χ3n) is 2.25. The molecule has 0 aliphatic rings. The van der Waals surface area contributed by atoms with Crippen LogP contribution in [0.2, 0.25) is 0 Å². The van der Waals surface area contributed by atoms with Crippen molar-refractivity contribution in [1.29, 1.82) is 0 Å². The van der Waals surface area contributed by atoms with Gasteiger partial charge in [-0.15, -0.1) is 0 Å². The number of para-hydroxylation sites is 2. The SMILES string of the molecule is CC(=O)Nc1ccccc1Oc1cc(=O)[nH]c(C)n1. The van der Waals surface area contributed by atoms with Gasteiger partial charge >= 0.3 is 0 Å². The molecule has 0 saturated heterocycles. The maximum absolute atomic E-state index is 11.3. The van der Waals surface area contributed by atoms with Gasteiger partial charge in [0.05, 0.1) is 11.8 Å². The number of ether oxygens (including phenoxy) is 1. The number of benzene rings is 1. The Bertz CT molecular complexity index is 664. The molecule has 2 rings (SSSR count). The third kappa shape index (κ3) is 3.41. The second-order valence-electron chi connectivity index (χ2n) is 3.95. The highest BCUT2D eigenvalue weighted by Gasteiger charge is 2.07. The Morgan fingerprint density at radius 2 is 2.11 bits per heavy atom. The number of hydrogen-bond acceptors (Lipinski definition) is 4. The van der Waals surface area contributed by atoms with Gasteiger partial charge in [0.1, 0.15) is 5.82 Å². The van der Waals surface area contributed by atoms with Crippen LogP contribution in [0.15, 0.2) is 35.1 Å². The van der Waals surface area contributed by atoms with E-state index in [0.29, 0.717) is 17.3 Å². The number of hydrogen-bond donors (Lipinski definition) is 2. The molecule has 0 fully saturated rings. The number of carbonyl (C=O) groups excluding carboxylic acids is 1. The minimum Gasteiger partial charge on any atom is -0.437 e. The van der Waals surface area contributed by atoms with Crippen molar-refractivity contribution in [3.8, 4) is 11.6 Å². The fourth-order valence-corrected chi connectivity index (χ4v) is 1.57. The molecule has 6 heteroatoms. The molecule has 0 unspecified atom stereocenters.